The number of sulfone groups is 1. The predicted octanol–water partition coefficient (Wildman–Crippen LogP) is 1.42. The molecule has 6 nitrogen and oxygen atoms in total. The number of hydrogen-bond donors (Lipinski definition) is 1. The third kappa shape index (κ3) is 3.68. The standard InChI is InChI=1S/C16H17N3O3S/c20-16(13-5-4-9-17-11-13)18-19(14-6-2-1-3-7-14)15-8-10-23(21,22)12-15/h1-7,9,11,15H,8,10,12H2,(H,18,20)/t15-/m0/s1. The molecule has 1 aromatic heterocycles. The van der Waals surface area contributed by atoms with Crippen molar-refractivity contribution in [1.29, 1.82) is 0 Å². The smallest absolute Gasteiger partial charge is 0.271 e. The Balaban J connectivity index is 1.86. The zero-order valence-corrected chi connectivity index (χ0v) is 13.2. The number of carbonyl (C=O) groups is 1. The van der Waals surface area contributed by atoms with Crippen LogP contribution in [-0.2, 0) is 9.84 Å². The Kier molecular flexibility index (Phi) is 4.29. The van der Waals surface area contributed by atoms with Crippen molar-refractivity contribution >= 4 is 21.4 Å². The molecular formula is C16H17N3O3S. The second-order valence-corrected chi connectivity index (χ2v) is 7.67. The Morgan fingerprint density at radius 1 is 1.17 bits per heavy atom. The highest BCUT2D eigenvalue weighted by Gasteiger charge is 2.33. The van der Waals surface area contributed by atoms with Crippen LogP contribution in [0.15, 0.2) is 54.9 Å². The van der Waals surface area contributed by atoms with Crippen LogP contribution in [0, 0.1) is 0 Å². The highest BCUT2D eigenvalue weighted by molar-refractivity contribution is 7.91. The summed E-state index contributed by atoms with van der Waals surface area (Å²) in [7, 11) is -3.05. The summed E-state index contributed by atoms with van der Waals surface area (Å²) in [5.74, 6) is -0.134. The Labute approximate surface area is 135 Å². The van der Waals surface area contributed by atoms with Gasteiger partial charge in [-0.05, 0) is 30.7 Å². The number of hydrogen-bond acceptors (Lipinski definition) is 5. The van der Waals surface area contributed by atoms with E-state index in [0.29, 0.717) is 12.0 Å². The lowest BCUT2D eigenvalue weighted by Crippen LogP contribution is -2.49. The summed E-state index contributed by atoms with van der Waals surface area (Å²) in [5, 5.41) is 1.65. The lowest BCUT2D eigenvalue weighted by atomic mass is 10.2. The van der Waals surface area contributed by atoms with Crippen molar-refractivity contribution in [2.45, 2.75) is 12.5 Å². The Hall–Kier alpha value is -2.41. The van der Waals surface area contributed by atoms with Gasteiger partial charge in [-0.3, -0.25) is 20.2 Å². The number of amides is 1. The lowest BCUT2D eigenvalue weighted by Gasteiger charge is -2.30. The second kappa shape index (κ2) is 6.37. The quantitative estimate of drug-likeness (QED) is 0.857. The van der Waals surface area contributed by atoms with Gasteiger partial charge in [-0.25, -0.2) is 8.42 Å². The van der Waals surface area contributed by atoms with Gasteiger partial charge in [-0.15, -0.1) is 0 Å². The van der Waals surface area contributed by atoms with E-state index >= 15 is 0 Å². The molecule has 1 aliphatic rings. The first-order valence-corrected chi connectivity index (χ1v) is 9.13. The van der Waals surface area contributed by atoms with E-state index in [0.717, 1.165) is 5.69 Å². The summed E-state index contributed by atoms with van der Waals surface area (Å²) >= 11 is 0. The number of carbonyl (C=O) groups excluding carboxylic acids is 1. The molecule has 7 heteroatoms. The van der Waals surface area contributed by atoms with Crippen LogP contribution >= 0.6 is 0 Å². The van der Waals surface area contributed by atoms with Crippen LogP contribution in [0.2, 0.25) is 0 Å². The second-order valence-electron chi connectivity index (χ2n) is 5.45. The van der Waals surface area contributed by atoms with E-state index in [4.69, 9.17) is 0 Å². The number of aromatic nitrogens is 1. The highest BCUT2D eigenvalue weighted by Crippen LogP contribution is 2.22. The van der Waals surface area contributed by atoms with Crippen LogP contribution in [0.3, 0.4) is 0 Å². The Bertz CT molecular complexity index is 779. The molecule has 3 rings (SSSR count). The van der Waals surface area contributed by atoms with Gasteiger partial charge in [-0.2, -0.15) is 0 Å². The number of nitrogens with zero attached hydrogens (tertiary/aromatic N) is 2. The van der Waals surface area contributed by atoms with Crippen LogP contribution in [0.25, 0.3) is 0 Å². The van der Waals surface area contributed by atoms with E-state index in [1.807, 2.05) is 30.3 Å². The van der Waals surface area contributed by atoms with Crippen LogP contribution in [0.5, 0.6) is 0 Å². The zero-order chi connectivity index (χ0) is 16.3. The van der Waals surface area contributed by atoms with Crippen molar-refractivity contribution in [3.05, 3.63) is 60.4 Å². The Morgan fingerprint density at radius 3 is 2.57 bits per heavy atom. The molecule has 1 N–H and O–H groups in total. The average molecular weight is 331 g/mol. The van der Waals surface area contributed by atoms with Gasteiger partial charge >= 0.3 is 0 Å². The number of hydrazine groups is 1. The molecule has 1 aliphatic heterocycles. The summed E-state index contributed by atoms with van der Waals surface area (Å²) in [6.45, 7) is 0. The number of anilines is 1. The number of para-hydroxylation sites is 1. The molecule has 0 spiro atoms. The molecule has 0 saturated carbocycles. The molecule has 0 bridgehead atoms. The van der Waals surface area contributed by atoms with Crippen molar-refractivity contribution in [2.24, 2.45) is 0 Å². The number of nitrogens with one attached hydrogen (secondary N) is 1. The zero-order valence-electron chi connectivity index (χ0n) is 12.4. The SMILES string of the molecule is O=C(NN(c1ccccc1)[C@H]1CCS(=O)(=O)C1)c1cccnc1. The Morgan fingerprint density at radius 2 is 1.96 bits per heavy atom. The molecule has 23 heavy (non-hydrogen) atoms. The molecule has 120 valence electrons. The third-order valence-corrected chi connectivity index (χ3v) is 5.50. The molecule has 1 aromatic carbocycles. The molecule has 2 heterocycles. The molecule has 1 atom stereocenters. The molecule has 1 fully saturated rings. The lowest BCUT2D eigenvalue weighted by molar-refractivity contribution is 0.0944. The largest absolute Gasteiger partial charge is 0.281 e. The van der Waals surface area contributed by atoms with E-state index < -0.39 is 9.84 Å². The molecule has 1 amide bonds. The van der Waals surface area contributed by atoms with Gasteiger partial charge in [0.15, 0.2) is 9.84 Å². The minimum Gasteiger partial charge on any atom is -0.281 e. The topological polar surface area (TPSA) is 79.4 Å². The summed E-state index contributed by atoms with van der Waals surface area (Å²) in [6.07, 6.45) is 3.56. The minimum atomic E-state index is -3.05. The van der Waals surface area contributed by atoms with Crippen LogP contribution < -0.4 is 10.4 Å². The fourth-order valence-corrected chi connectivity index (χ4v) is 4.31. The fraction of sp³-hybridized carbons (Fsp3) is 0.250. The molecule has 0 radical (unpaired) electrons. The normalized spacial score (nSPS) is 19.2. The van der Waals surface area contributed by atoms with Crippen molar-refractivity contribution in [1.82, 2.24) is 10.4 Å². The van der Waals surface area contributed by atoms with Crippen LogP contribution in [0.4, 0.5) is 5.69 Å². The first-order valence-electron chi connectivity index (χ1n) is 7.31. The summed E-state index contributed by atoms with van der Waals surface area (Å²) in [5.41, 5.74) is 4.00. The van der Waals surface area contributed by atoms with Gasteiger partial charge in [0.25, 0.3) is 5.91 Å². The molecule has 0 unspecified atom stereocenters. The predicted molar refractivity (Wildman–Crippen MR) is 87.7 cm³/mol. The summed E-state index contributed by atoms with van der Waals surface area (Å²) < 4.78 is 23.6. The summed E-state index contributed by atoms with van der Waals surface area (Å²) in [6, 6.07) is 12.3. The number of benzene rings is 1. The van der Waals surface area contributed by atoms with Crippen molar-refractivity contribution in [3.63, 3.8) is 0 Å². The maximum Gasteiger partial charge on any atom is 0.271 e. The maximum atomic E-state index is 12.4. The van der Waals surface area contributed by atoms with E-state index in [2.05, 4.69) is 10.4 Å². The van der Waals surface area contributed by atoms with E-state index in [1.165, 1.54) is 6.20 Å². The molecule has 0 aliphatic carbocycles. The van der Waals surface area contributed by atoms with Gasteiger partial charge in [0.1, 0.15) is 0 Å². The summed E-state index contributed by atoms with van der Waals surface area (Å²) in [4.78, 5) is 16.3. The first-order chi connectivity index (χ1) is 11.1. The van der Waals surface area contributed by atoms with Gasteiger partial charge in [-0.1, -0.05) is 18.2 Å². The van der Waals surface area contributed by atoms with Crippen molar-refractivity contribution in [2.75, 3.05) is 16.5 Å². The fourth-order valence-electron chi connectivity index (χ4n) is 2.61. The van der Waals surface area contributed by atoms with Gasteiger partial charge in [0, 0.05) is 12.4 Å². The number of rotatable bonds is 4. The van der Waals surface area contributed by atoms with Gasteiger partial charge in [0.2, 0.25) is 0 Å². The van der Waals surface area contributed by atoms with E-state index in [1.54, 1.807) is 23.3 Å². The van der Waals surface area contributed by atoms with Crippen LogP contribution in [0.1, 0.15) is 16.8 Å². The van der Waals surface area contributed by atoms with Crippen molar-refractivity contribution in [3.8, 4) is 0 Å². The maximum absolute atomic E-state index is 12.4. The van der Waals surface area contributed by atoms with Gasteiger partial charge in [0.05, 0.1) is 28.8 Å². The van der Waals surface area contributed by atoms with Gasteiger partial charge < -0.3 is 0 Å². The first kappa shape index (κ1) is 15.5. The van der Waals surface area contributed by atoms with Crippen molar-refractivity contribution < 1.29 is 13.2 Å². The van der Waals surface area contributed by atoms with Crippen LogP contribution in [-0.4, -0.2) is 36.9 Å². The molecule has 2 aromatic rings. The average Bonchev–Trinajstić information content (AvgIpc) is 2.93. The number of pyridine rings is 1. The highest BCUT2D eigenvalue weighted by atomic mass is 32.2. The van der Waals surface area contributed by atoms with E-state index in [-0.39, 0.29) is 23.5 Å². The minimum absolute atomic E-state index is 0.0369. The monoisotopic (exact) mass is 331 g/mol. The molecular weight excluding hydrogens is 314 g/mol. The third-order valence-electron chi connectivity index (χ3n) is 3.75. The van der Waals surface area contributed by atoms with E-state index in [9.17, 15) is 13.2 Å². The molecule has 1 saturated heterocycles.